The van der Waals surface area contributed by atoms with Gasteiger partial charge in [0.25, 0.3) is 11.8 Å². The van der Waals surface area contributed by atoms with E-state index in [4.69, 9.17) is 4.42 Å². The number of aromatic nitrogens is 2. The summed E-state index contributed by atoms with van der Waals surface area (Å²) in [6, 6.07) is 9.32. The molecule has 5 rings (SSSR count). The molecule has 176 valence electrons. The molecule has 3 heterocycles. The number of carbonyl (C=O) groups excluding carboxylic acids is 1. The second kappa shape index (κ2) is 8.47. The molecule has 8 nitrogen and oxygen atoms in total. The smallest absolute Gasteiger partial charge is 0.407 e. The second-order valence-electron chi connectivity index (χ2n) is 8.23. The monoisotopic (exact) mass is 472 g/mol. The van der Waals surface area contributed by atoms with E-state index in [0.717, 1.165) is 0 Å². The van der Waals surface area contributed by atoms with Crippen LogP contribution in [-0.4, -0.2) is 49.7 Å². The molecule has 3 aromatic rings. The number of hydrogen-bond acceptors (Lipinski definition) is 5. The summed E-state index contributed by atoms with van der Waals surface area (Å²) in [5.41, 5.74) is 2.01. The number of amides is 2. The van der Waals surface area contributed by atoms with Gasteiger partial charge in [-0.25, -0.2) is 9.18 Å². The summed E-state index contributed by atoms with van der Waals surface area (Å²) in [6.07, 6.45) is -2.88. The highest BCUT2D eigenvalue weighted by Crippen LogP contribution is 2.39. The Balaban J connectivity index is 1.47. The van der Waals surface area contributed by atoms with Crippen molar-refractivity contribution in [3.05, 3.63) is 70.9 Å². The van der Waals surface area contributed by atoms with Crippen LogP contribution in [0.3, 0.4) is 0 Å². The first kappa shape index (κ1) is 21.9. The van der Waals surface area contributed by atoms with Crippen LogP contribution in [0.5, 0.6) is 0 Å². The molecule has 1 N–H and O–H groups in total. The quantitative estimate of drug-likeness (QED) is 0.593. The van der Waals surface area contributed by atoms with Gasteiger partial charge >= 0.3 is 12.5 Å². The van der Waals surface area contributed by atoms with Crippen molar-refractivity contribution in [2.24, 2.45) is 0 Å². The Hall–Kier alpha value is -3.89. The number of hydrogen-bond donors (Lipinski definition) is 1. The number of alkyl halides is 2. The molecule has 0 bridgehead atoms. The zero-order valence-corrected chi connectivity index (χ0v) is 17.7. The second-order valence-corrected chi connectivity index (χ2v) is 8.23. The van der Waals surface area contributed by atoms with Crippen LogP contribution in [-0.2, 0) is 6.54 Å². The minimum Gasteiger partial charge on any atom is -0.465 e. The van der Waals surface area contributed by atoms with Crippen molar-refractivity contribution in [1.82, 2.24) is 20.0 Å². The van der Waals surface area contributed by atoms with Gasteiger partial charge in [0.15, 0.2) is 0 Å². The molecule has 0 aliphatic carbocycles. The standard InChI is InChI=1S/C23H19F3N4O4/c24-15-7-5-12(6-8-15)18-17(2-1-9-29(18)23(32)33)30-11-14-4-3-13(10-16(14)22(30)31)20-27-28-21(34-20)19(25)26/h3-8,10,17-19H,1-2,9,11H2,(H,32,33). The van der Waals surface area contributed by atoms with Crippen LogP contribution in [0.1, 0.15) is 52.7 Å². The van der Waals surface area contributed by atoms with Gasteiger partial charge < -0.3 is 14.4 Å². The Morgan fingerprint density at radius 1 is 1.15 bits per heavy atom. The maximum absolute atomic E-state index is 13.5. The maximum Gasteiger partial charge on any atom is 0.407 e. The van der Waals surface area contributed by atoms with Crippen LogP contribution in [0.4, 0.5) is 18.0 Å². The Labute approximate surface area is 191 Å². The molecule has 1 aromatic heterocycles. The summed E-state index contributed by atoms with van der Waals surface area (Å²) in [7, 11) is 0. The summed E-state index contributed by atoms with van der Waals surface area (Å²) in [4.78, 5) is 28.3. The number of rotatable bonds is 4. The molecule has 34 heavy (non-hydrogen) atoms. The minimum absolute atomic E-state index is 0.122. The summed E-state index contributed by atoms with van der Waals surface area (Å²) in [5.74, 6) is -1.68. The third-order valence-corrected chi connectivity index (χ3v) is 6.27. The number of fused-ring (bicyclic) bond motifs is 1. The molecule has 0 radical (unpaired) electrons. The van der Waals surface area contributed by atoms with Crippen LogP contribution in [0.25, 0.3) is 11.5 Å². The van der Waals surface area contributed by atoms with Gasteiger partial charge in [0.05, 0.1) is 12.1 Å². The van der Waals surface area contributed by atoms with Gasteiger partial charge in [0, 0.05) is 24.2 Å². The molecular formula is C23H19F3N4O4. The zero-order chi connectivity index (χ0) is 24.0. The molecule has 1 saturated heterocycles. The number of halogens is 3. The van der Waals surface area contributed by atoms with Crippen LogP contribution < -0.4 is 0 Å². The van der Waals surface area contributed by atoms with Crippen molar-refractivity contribution >= 4 is 12.0 Å². The third kappa shape index (κ3) is 3.76. The first-order valence-corrected chi connectivity index (χ1v) is 10.6. The van der Waals surface area contributed by atoms with Crippen molar-refractivity contribution in [1.29, 1.82) is 0 Å². The van der Waals surface area contributed by atoms with Crippen LogP contribution in [0.2, 0.25) is 0 Å². The zero-order valence-electron chi connectivity index (χ0n) is 17.7. The van der Waals surface area contributed by atoms with Crippen molar-refractivity contribution in [3.8, 4) is 11.5 Å². The van der Waals surface area contributed by atoms with Gasteiger partial charge in [-0.1, -0.05) is 18.2 Å². The number of piperidine rings is 1. The molecule has 11 heteroatoms. The summed E-state index contributed by atoms with van der Waals surface area (Å²) in [6.45, 7) is 0.563. The lowest BCUT2D eigenvalue weighted by atomic mass is 9.89. The topological polar surface area (TPSA) is 99.8 Å². The predicted octanol–water partition coefficient (Wildman–Crippen LogP) is 4.65. The summed E-state index contributed by atoms with van der Waals surface area (Å²) in [5, 5.41) is 16.7. The molecule has 2 atom stereocenters. The molecule has 2 aliphatic heterocycles. The van der Waals surface area contributed by atoms with E-state index in [1.807, 2.05) is 0 Å². The highest BCUT2D eigenvalue weighted by Gasteiger charge is 2.43. The highest BCUT2D eigenvalue weighted by molar-refractivity contribution is 5.99. The number of benzene rings is 2. The molecule has 0 saturated carbocycles. The van der Waals surface area contributed by atoms with Crippen LogP contribution in [0.15, 0.2) is 46.9 Å². The molecular weight excluding hydrogens is 453 g/mol. The molecule has 2 unspecified atom stereocenters. The Morgan fingerprint density at radius 2 is 1.91 bits per heavy atom. The number of likely N-dealkylation sites (tertiary alicyclic amines) is 1. The van der Waals surface area contributed by atoms with Crippen molar-refractivity contribution in [2.75, 3.05) is 6.54 Å². The van der Waals surface area contributed by atoms with E-state index in [9.17, 15) is 27.9 Å². The normalized spacial score (nSPS) is 20.2. The largest absolute Gasteiger partial charge is 0.465 e. The first-order valence-electron chi connectivity index (χ1n) is 10.6. The van der Waals surface area contributed by atoms with Crippen molar-refractivity contribution < 1.29 is 32.3 Å². The van der Waals surface area contributed by atoms with Crippen LogP contribution >= 0.6 is 0 Å². The SMILES string of the molecule is O=C1c2cc(-c3nnc(C(F)F)o3)ccc2CN1C1CCCN(C(=O)O)C1c1ccc(F)cc1. The van der Waals surface area contributed by atoms with Gasteiger partial charge in [0.2, 0.25) is 5.89 Å². The fourth-order valence-electron chi connectivity index (χ4n) is 4.74. The van der Waals surface area contributed by atoms with E-state index >= 15 is 0 Å². The van der Waals surface area contributed by atoms with Gasteiger partial charge in [-0.3, -0.25) is 9.69 Å². The van der Waals surface area contributed by atoms with Gasteiger partial charge in [-0.05, 0) is 48.2 Å². The van der Waals surface area contributed by atoms with Crippen LogP contribution in [0, 0.1) is 5.82 Å². The summed E-state index contributed by atoms with van der Waals surface area (Å²) >= 11 is 0. The van der Waals surface area contributed by atoms with E-state index < -0.39 is 36.3 Å². The minimum atomic E-state index is -2.90. The number of carbonyl (C=O) groups is 2. The number of nitrogens with zero attached hydrogens (tertiary/aromatic N) is 4. The maximum atomic E-state index is 13.5. The predicted molar refractivity (Wildman–Crippen MR) is 111 cm³/mol. The number of carboxylic acid groups (broad SMARTS) is 1. The average molecular weight is 472 g/mol. The molecule has 2 aromatic carbocycles. The van der Waals surface area contributed by atoms with Gasteiger partial charge in [-0.15, -0.1) is 10.2 Å². The molecule has 1 fully saturated rings. The molecule has 0 spiro atoms. The van der Waals surface area contributed by atoms with E-state index in [1.165, 1.54) is 35.2 Å². The summed E-state index contributed by atoms with van der Waals surface area (Å²) < 4.78 is 44.1. The Morgan fingerprint density at radius 3 is 2.59 bits per heavy atom. The average Bonchev–Trinajstić information content (AvgIpc) is 3.44. The van der Waals surface area contributed by atoms with E-state index in [0.29, 0.717) is 41.6 Å². The van der Waals surface area contributed by atoms with E-state index in [-0.39, 0.29) is 18.3 Å². The lowest BCUT2D eigenvalue weighted by molar-refractivity contribution is 0.0326. The molecule has 2 amide bonds. The fourth-order valence-corrected chi connectivity index (χ4v) is 4.74. The van der Waals surface area contributed by atoms with E-state index in [1.54, 1.807) is 17.0 Å². The third-order valence-electron chi connectivity index (χ3n) is 6.27. The van der Waals surface area contributed by atoms with Gasteiger partial charge in [0.1, 0.15) is 5.82 Å². The van der Waals surface area contributed by atoms with Crippen molar-refractivity contribution in [3.63, 3.8) is 0 Å². The Kier molecular flexibility index (Phi) is 5.46. The Bertz CT molecular complexity index is 1250. The fraction of sp³-hybridized carbons (Fsp3) is 0.304. The van der Waals surface area contributed by atoms with Gasteiger partial charge in [-0.2, -0.15) is 8.78 Å². The lowest BCUT2D eigenvalue weighted by Crippen LogP contribution is -2.51. The molecule has 2 aliphatic rings. The lowest BCUT2D eigenvalue weighted by Gasteiger charge is -2.44. The van der Waals surface area contributed by atoms with E-state index in [2.05, 4.69) is 10.2 Å². The highest BCUT2D eigenvalue weighted by atomic mass is 19.3. The van der Waals surface area contributed by atoms with Crippen molar-refractivity contribution in [2.45, 2.75) is 37.9 Å². The first-order chi connectivity index (χ1) is 16.3.